The smallest absolute Gasteiger partial charge is 0.182 e. The minimum absolute atomic E-state index is 0.0458. The summed E-state index contributed by atoms with van der Waals surface area (Å²) < 4.78 is 13.4. The number of carbonyl (C=O) groups excluding carboxylic acids is 1. The highest BCUT2D eigenvalue weighted by atomic mass is 19.1. The van der Waals surface area contributed by atoms with Crippen LogP contribution in [0, 0.1) is 12.7 Å². The summed E-state index contributed by atoms with van der Waals surface area (Å²) in [4.78, 5) is 12.6. The molecule has 1 atom stereocenters. The molecule has 3 heteroatoms. The third kappa shape index (κ3) is 2.46. The Hall–Kier alpha value is -1.22. The largest absolute Gasteiger partial charge is 0.305 e. The second kappa shape index (κ2) is 5.19. The predicted molar refractivity (Wildman–Crippen MR) is 70.3 cm³/mol. The van der Waals surface area contributed by atoms with Gasteiger partial charge >= 0.3 is 0 Å². The van der Waals surface area contributed by atoms with Crippen LogP contribution in [0.25, 0.3) is 0 Å². The number of benzene rings is 1. The van der Waals surface area contributed by atoms with Crippen LogP contribution in [0.15, 0.2) is 18.2 Å². The lowest BCUT2D eigenvalue weighted by Gasteiger charge is -2.27. The summed E-state index contributed by atoms with van der Waals surface area (Å²) in [5.74, 6) is -0.285. The molecule has 2 rings (SSSR count). The van der Waals surface area contributed by atoms with Crippen LogP contribution >= 0.6 is 0 Å². The van der Waals surface area contributed by atoms with Crippen molar-refractivity contribution in [3.8, 4) is 0 Å². The van der Waals surface area contributed by atoms with Crippen molar-refractivity contribution in [2.24, 2.45) is 0 Å². The maximum absolute atomic E-state index is 13.4. The lowest BCUT2D eigenvalue weighted by molar-refractivity contribution is 0.0857. The van der Waals surface area contributed by atoms with E-state index in [1.54, 1.807) is 6.07 Å². The van der Waals surface area contributed by atoms with Crippen LogP contribution in [0.4, 0.5) is 4.39 Å². The molecule has 1 aliphatic heterocycles. The molecule has 2 nitrogen and oxygen atoms in total. The van der Waals surface area contributed by atoms with Crippen molar-refractivity contribution in [3.05, 3.63) is 35.1 Å². The lowest BCUT2D eigenvalue weighted by Crippen LogP contribution is -2.47. The molecule has 18 heavy (non-hydrogen) atoms. The van der Waals surface area contributed by atoms with E-state index >= 15 is 0 Å². The van der Waals surface area contributed by atoms with Crippen LogP contribution in [0.1, 0.15) is 48.5 Å². The summed E-state index contributed by atoms with van der Waals surface area (Å²) in [6.07, 6.45) is 3.64. The highest BCUT2D eigenvalue weighted by Gasteiger charge is 2.40. The van der Waals surface area contributed by atoms with Gasteiger partial charge in [0.05, 0.1) is 5.54 Å². The van der Waals surface area contributed by atoms with Gasteiger partial charge in [-0.1, -0.05) is 13.3 Å². The molecule has 0 aliphatic carbocycles. The van der Waals surface area contributed by atoms with E-state index in [-0.39, 0.29) is 11.6 Å². The van der Waals surface area contributed by atoms with Gasteiger partial charge in [0.2, 0.25) is 0 Å². The van der Waals surface area contributed by atoms with E-state index in [1.807, 2.05) is 6.92 Å². The molecule has 1 aromatic carbocycles. The molecule has 0 amide bonds. The van der Waals surface area contributed by atoms with Gasteiger partial charge in [-0.05, 0) is 56.5 Å². The predicted octanol–water partition coefficient (Wildman–Crippen LogP) is 3.24. The van der Waals surface area contributed by atoms with Gasteiger partial charge in [-0.25, -0.2) is 4.39 Å². The Morgan fingerprint density at radius 3 is 2.78 bits per heavy atom. The van der Waals surface area contributed by atoms with Crippen LogP contribution in [0.5, 0.6) is 0 Å². The summed E-state index contributed by atoms with van der Waals surface area (Å²) in [5.41, 5.74) is 0.827. The number of hydrogen-bond acceptors (Lipinski definition) is 2. The zero-order valence-electron chi connectivity index (χ0n) is 11.1. The Balaban J connectivity index is 2.33. The molecule has 0 bridgehead atoms. The Bertz CT molecular complexity index is 430. The molecule has 0 spiro atoms. The number of carbonyl (C=O) groups is 1. The van der Waals surface area contributed by atoms with Crippen LogP contribution in [-0.4, -0.2) is 17.9 Å². The van der Waals surface area contributed by atoms with Gasteiger partial charge in [-0.2, -0.15) is 0 Å². The molecule has 1 aromatic rings. The van der Waals surface area contributed by atoms with Gasteiger partial charge in [0, 0.05) is 5.56 Å². The number of rotatable bonds is 4. The van der Waals surface area contributed by atoms with E-state index in [2.05, 4.69) is 12.2 Å². The summed E-state index contributed by atoms with van der Waals surface area (Å²) in [5, 5.41) is 3.34. The number of hydrogen-bond donors (Lipinski definition) is 1. The molecule has 1 aliphatic rings. The first kappa shape index (κ1) is 13.2. The van der Waals surface area contributed by atoms with Crippen molar-refractivity contribution in [2.75, 3.05) is 6.54 Å². The van der Waals surface area contributed by atoms with E-state index in [4.69, 9.17) is 0 Å². The molecule has 0 aromatic heterocycles. The molecule has 1 fully saturated rings. The van der Waals surface area contributed by atoms with Crippen LogP contribution in [-0.2, 0) is 0 Å². The average Bonchev–Trinajstić information content (AvgIpc) is 2.77. The molecular formula is C15H20FNO. The minimum atomic E-state index is -0.463. The highest BCUT2D eigenvalue weighted by molar-refractivity contribution is 6.03. The Morgan fingerprint density at radius 1 is 1.44 bits per heavy atom. The van der Waals surface area contributed by atoms with E-state index < -0.39 is 5.54 Å². The third-order valence-electron chi connectivity index (χ3n) is 3.66. The van der Waals surface area contributed by atoms with E-state index in [1.165, 1.54) is 12.1 Å². The first-order valence-corrected chi connectivity index (χ1v) is 6.64. The van der Waals surface area contributed by atoms with Gasteiger partial charge in [0.1, 0.15) is 5.82 Å². The molecule has 98 valence electrons. The fourth-order valence-corrected chi connectivity index (χ4v) is 2.90. The Kier molecular flexibility index (Phi) is 3.81. The second-order valence-electron chi connectivity index (χ2n) is 5.21. The third-order valence-corrected chi connectivity index (χ3v) is 3.66. The number of ketones is 1. The molecule has 0 radical (unpaired) electrons. The van der Waals surface area contributed by atoms with Crippen molar-refractivity contribution < 1.29 is 9.18 Å². The van der Waals surface area contributed by atoms with Crippen molar-refractivity contribution in [2.45, 2.75) is 45.1 Å². The van der Waals surface area contributed by atoms with E-state index in [9.17, 15) is 9.18 Å². The van der Waals surface area contributed by atoms with Crippen molar-refractivity contribution in [1.29, 1.82) is 0 Å². The van der Waals surface area contributed by atoms with Crippen molar-refractivity contribution in [1.82, 2.24) is 5.32 Å². The van der Waals surface area contributed by atoms with Crippen LogP contribution < -0.4 is 5.32 Å². The minimum Gasteiger partial charge on any atom is -0.305 e. The van der Waals surface area contributed by atoms with Gasteiger partial charge in [-0.15, -0.1) is 0 Å². The zero-order valence-corrected chi connectivity index (χ0v) is 11.1. The monoisotopic (exact) mass is 249 g/mol. The Morgan fingerprint density at radius 2 is 2.22 bits per heavy atom. The SMILES string of the molecule is CCCC1(C(=O)c2cc(C)cc(F)c2)CCCN1. The fourth-order valence-electron chi connectivity index (χ4n) is 2.90. The fraction of sp³-hybridized carbons (Fsp3) is 0.533. The van der Waals surface area contributed by atoms with Gasteiger partial charge in [0.25, 0.3) is 0 Å². The molecule has 0 saturated carbocycles. The lowest BCUT2D eigenvalue weighted by atomic mass is 9.83. The maximum atomic E-state index is 13.4. The molecule has 1 heterocycles. The molecule has 1 unspecified atom stereocenters. The average molecular weight is 249 g/mol. The standard InChI is InChI=1S/C15H20FNO/c1-3-5-15(6-4-7-17-15)14(18)12-8-11(2)9-13(16)10-12/h8-10,17H,3-7H2,1-2H3. The van der Waals surface area contributed by atoms with Crippen molar-refractivity contribution >= 4 is 5.78 Å². The number of nitrogens with one attached hydrogen (secondary N) is 1. The number of halogens is 1. The topological polar surface area (TPSA) is 29.1 Å². The first-order valence-electron chi connectivity index (χ1n) is 6.64. The molecular weight excluding hydrogens is 229 g/mol. The summed E-state index contributed by atoms with van der Waals surface area (Å²) in [7, 11) is 0. The number of Topliss-reactive ketones (excluding diaryl/α,β-unsaturated/α-hetero) is 1. The quantitative estimate of drug-likeness (QED) is 0.830. The second-order valence-corrected chi connectivity index (χ2v) is 5.21. The summed E-state index contributed by atoms with van der Waals surface area (Å²) in [6.45, 7) is 4.76. The van der Waals surface area contributed by atoms with Gasteiger partial charge in [-0.3, -0.25) is 4.79 Å². The van der Waals surface area contributed by atoms with Crippen LogP contribution in [0.3, 0.4) is 0 Å². The summed E-state index contributed by atoms with van der Waals surface area (Å²) >= 11 is 0. The molecule has 1 saturated heterocycles. The number of aryl methyl sites for hydroxylation is 1. The first-order chi connectivity index (χ1) is 8.57. The highest BCUT2D eigenvalue weighted by Crippen LogP contribution is 2.29. The maximum Gasteiger partial charge on any atom is 0.182 e. The van der Waals surface area contributed by atoms with Crippen molar-refractivity contribution in [3.63, 3.8) is 0 Å². The van der Waals surface area contributed by atoms with Crippen LogP contribution in [0.2, 0.25) is 0 Å². The van der Waals surface area contributed by atoms with Gasteiger partial charge < -0.3 is 5.32 Å². The normalized spacial score (nSPS) is 23.3. The summed E-state index contributed by atoms with van der Waals surface area (Å²) in [6, 6.07) is 4.58. The zero-order chi connectivity index (χ0) is 13.2. The van der Waals surface area contributed by atoms with E-state index in [0.717, 1.165) is 37.8 Å². The van der Waals surface area contributed by atoms with E-state index in [0.29, 0.717) is 5.56 Å². The van der Waals surface area contributed by atoms with Gasteiger partial charge in [0.15, 0.2) is 5.78 Å². The molecule has 1 N–H and O–H groups in total. The Labute approximate surface area is 108 Å².